The van der Waals surface area contributed by atoms with Gasteiger partial charge in [-0.25, -0.2) is 0 Å². The highest BCUT2D eigenvalue weighted by molar-refractivity contribution is 8.01. The molecule has 0 saturated carbocycles. The first kappa shape index (κ1) is 21.8. The SMILES string of the molecule is Cc1cccc(NC(=O)c2ccccc2NC(=O)CSc2nnc(NC(C)C)s2)c1. The number of amides is 2. The van der Waals surface area contributed by atoms with Crippen molar-refractivity contribution in [1.82, 2.24) is 10.2 Å². The van der Waals surface area contributed by atoms with Crippen LogP contribution in [0.25, 0.3) is 0 Å². The molecular weight excluding hydrogens is 418 g/mol. The molecule has 3 aromatic rings. The number of anilines is 3. The third kappa shape index (κ3) is 6.30. The first-order chi connectivity index (χ1) is 14.4. The molecule has 0 unspecified atom stereocenters. The predicted octanol–water partition coefficient (Wildman–Crippen LogP) is 4.65. The maximum atomic E-state index is 12.7. The third-order valence-electron chi connectivity index (χ3n) is 3.87. The summed E-state index contributed by atoms with van der Waals surface area (Å²) in [4.78, 5) is 25.1. The normalized spacial score (nSPS) is 10.7. The van der Waals surface area contributed by atoms with E-state index in [-0.39, 0.29) is 23.6 Å². The molecule has 7 nitrogen and oxygen atoms in total. The summed E-state index contributed by atoms with van der Waals surface area (Å²) < 4.78 is 0.707. The third-order valence-corrected chi connectivity index (χ3v) is 5.85. The molecule has 0 bridgehead atoms. The largest absolute Gasteiger partial charge is 0.358 e. The van der Waals surface area contributed by atoms with Crippen molar-refractivity contribution >= 4 is 51.4 Å². The Morgan fingerprint density at radius 2 is 1.87 bits per heavy atom. The Balaban J connectivity index is 1.60. The Morgan fingerprint density at radius 3 is 2.63 bits per heavy atom. The van der Waals surface area contributed by atoms with E-state index in [4.69, 9.17) is 0 Å². The molecule has 30 heavy (non-hydrogen) atoms. The summed E-state index contributed by atoms with van der Waals surface area (Å²) in [6.45, 7) is 6.00. The van der Waals surface area contributed by atoms with E-state index in [9.17, 15) is 9.59 Å². The van der Waals surface area contributed by atoms with Gasteiger partial charge in [0.1, 0.15) is 0 Å². The summed E-state index contributed by atoms with van der Waals surface area (Å²) in [6, 6.07) is 14.8. The van der Waals surface area contributed by atoms with Crippen LogP contribution >= 0.6 is 23.1 Å². The molecule has 0 atom stereocenters. The van der Waals surface area contributed by atoms with Gasteiger partial charge >= 0.3 is 0 Å². The van der Waals surface area contributed by atoms with Crippen molar-refractivity contribution in [3.63, 3.8) is 0 Å². The summed E-state index contributed by atoms with van der Waals surface area (Å²) in [5.41, 5.74) is 2.62. The lowest BCUT2D eigenvalue weighted by Crippen LogP contribution is -2.19. The molecule has 0 fully saturated rings. The Morgan fingerprint density at radius 1 is 1.07 bits per heavy atom. The van der Waals surface area contributed by atoms with Gasteiger partial charge in [0.05, 0.1) is 17.0 Å². The van der Waals surface area contributed by atoms with Gasteiger partial charge < -0.3 is 16.0 Å². The van der Waals surface area contributed by atoms with Gasteiger partial charge in [0.25, 0.3) is 5.91 Å². The lowest BCUT2D eigenvalue weighted by atomic mass is 10.1. The molecule has 0 aliphatic rings. The zero-order valence-electron chi connectivity index (χ0n) is 16.9. The molecule has 9 heteroatoms. The van der Waals surface area contributed by atoms with Gasteiger partial charge in [0.2, 0.25) is 11.0 Å². The molecule has 0 radical (unpaired) electrons. The van der Waals surface area contributed by atoms with Crippen molar-refractivity contribution < 1.29 is 9.59 Å². The van der Waals surface area contributed by atoms with Crippen LogP contribution in [0.15, 0.2) is 52.9 Å². The van der Waals surface area contributed by atoms with Gasteiger partial charge in [-0.05, 0) is 50.6 Å². The summed E-state index contributed by atoms with van der Waals surface area (Å²) in [5.74, 6) is -0.327. The topological polar surface area (TPSA) is 96.0 Å². The fraction of sp³-hybridized carbons (Fsp3) is 0.238. The maximum Gasteiger partial charge on any atom is 0.257 e. The van der Waals surface area contributed by atoms with Gasteiger partial charge in [-0.3, -0.25) is 9.59 Å². The zero-order valence-corrected chi connectivity index (χ0v) is 18.6. The summed E-state index contributed by atoms with van der Waals surface area (Å²) in [5, 5.41) is 17.7. The van der Waals surface area contributed by atoms with E-state index < -0.39 is 0 Å². The monoisotopic (exact) mass is 441 g/mol. The van der Waals surface area contributed by atoms with Crippen molar-refractivity contribution in [2.45, 2.75) is 31.2 Å². The lowest BCUT2D eigenvalue weighted by molar-refractivity contribution is -0.113. The molecule has 0 spiro atoms. The molecule has 1 aromatic heterocycles. The van der Waals surface area contributed by atoms with E-state index in [2.05, 4.69) is 26.1 Å². The Labute approximate surface area is 183 Å². The zero-order chi connectivity index (χ0) is 21.5. The number of thioether (sulfide) groups is 1. The number of hydrogen-bond acceptors (Lipinski definition) is 7. The molecule has 0 aliphatic heterocycles. The molecular formula is C21H23N5O2S2. The Kier molecular flexibility index (Phi) is 7.42. The number of carbonyl (C=O) groups is 2. The molecule has 2 amide bonds. The average molecular weight is 442 g/mol. The first-order valence-electron chi connectivity index (χ1n) is 9.40. The fourth-order valence-electron chi connectivity index (χ4n) is 2.60. The summed E-state index contributed by atoms with van der Waals surface area (Å²) in [7, 11) is 0. The van der Waals surface area contributed by atoms with Crippen molar-refractivity contribution in [1.29, 1.82) is 0 Å². The predicted molar refractivity (Wildman–Crippen MR) is 124 cm³/mol. The van der Waals surface area contributed by atoms with Crippen LogP contribution in [-0.4, -0.2) is 33.8 Å². The molecule has 156 valence electrons. The average Bonchev–Trinajstić information content (AvgIpc) is 3.13. The van der Waals surface area contributed by atoms with Crippen molar-refractivity contribution in [2.75, 3.05) is 21.7 Å². The minimum Gasteiger partial charge on any atom is -0.358 e. The quantitative estimate of drug-likeness (QED) is 0.440. The number of aromatic nitrogens is 2. The fourth-order valence-corrected chi connectivity index (χ4v) is 4.30. The molecule has 0 saturated heterocycles. The van der Waals surface area contributed by atoms with Gasteiger partial charge in [-0.1, -0.05) is 47.4 Å². The van der Waals surface area contributed by atoms with Crippen LogP contribution in [0.4, 0.5) is 16.5 Å². The minimum absolute atomic E-state index is 0.171. The maximum absolute atomic E-state index is 12.7. The van der Waals surface area contributed by atoms with E-state index in [1.165, 1.54) is 23.1 Å². The second-order valence-electron chi connectivity index (χ2n) is 6.88. The Bertz CT molecular complexity index is 1040. The standard InChI is InChI=1S/C21H23N5O2S2/c1-13(2)22-20-25-26-21(30-20)29-12-18(27)24-17-10-5-4-9-16(17)19(28)23-15-8-6-7-14(3)11-15/h4-11,13H,12H2,1-3H3,(H,22,25)(H,23,28)(H,24,27). The lowest BCUT2D eigenvalue weighted by Gasteiger charge is -2.11. The van der Waals surface area contributed by atoms with E-state index in [1.54, 1.807) is 24.3 Å². The summed E-state index contributed by atoms with van der Waals surface area (Å²) >= 11 is 2.71. The van der Waals surface area contributed by atoms with Crippen LogP contribution in [-0.2, 0) is 4.79 Å². The number of nitrogens with zero attached hydrogens (tertiary/aromatic N) is 2. The molecule has 3 rings (SSSR count). The van der Waals surface area contributed by atoms with Crippen molar-refractivity contribution in [3.05, 3.63) is 59.7 Å². The first-order valence-corrected chi connectivity index (χ1v) is 11.2. The van der Waals surface area contributed by atoms with Crippen LogP contribution in [0, 0.1) is 6.92 Å². The number of nitrogens with one attached hydrogen (secondary N) is 3. The number of para-hydroxylation sites is 1. The highest BCUT2D eigenvalue weighted by Crippen LogP contribution is 2.26. The van der Waals surface area contributed by atoms with Gasteiger partial charge in [-0.2, -0.15) is 0 Å². The number of benzene rings is 2. The van der Waals surface area contributed by atoms with Gasteiger partial charge in [0, 0.05) is 11.7 Å². The van der Waals surface area contributed by atoms with E-state index in [0.717, 1.165) is 10.7 Å². The molecule has 3 N–H and O–H groups in total. The van der Waals surface area contributed by atoms with Crippen molar-refractivity contribution in [2.24, 2.45) is 0 Å². The van der Waals surface area contributed by atoms with Gasteiger partial charge in [-0.15, -0.1) is 10.2 Å². The highest BCUT2D eigenvalue weighted by Gasteiger charge is 2.14. The number of rotatable bonds is 8. The van der Waals surface area contributed by atoms with Crippen LogP contribution in [0.2, 0.25) is 0 Å². The summed E-state index contributed by atoms with van der Waals surface area (Å²) in [6.07, 6.45) is 0. The smallest absolute Gasteiger partial charge is 0.257 e. The number of carbonyl (C=O) groups excluding carboxylic acids is 2. The minimum atomic E-state index is -0.280. The van der Waals surface area contributed by atoms with E-state index in [1.807, 2.05) is 45.0 Å². The second-order valence-corrected chi connectivity index (χ2v) is 9.08. The van der Waals surface area contributed by atoms with Crippen LogP contribution in [0.5, 0.6) is 0 Å². The molecule has 0 aliphatic carbocycles. The van der Waals surface area contributed by atoms with E-state index in [0.29, 0.717) is 21.3 Å². The Hall–Kier alpha value is -2.91. The van der Waals surface area contributed by atoms with Crippen LogP contribution < -0.4 is 16.0 Å². The van der Waals surface area contributed by atoms with Crippen LogP contribution in [0.3, 0.4) is 0 Å². The van der Waals surface area contributed by atoms with Crippen LogP contribution in [0.1, 0.15) is 29.8 Å². The van der Waals surface area contributed by atoms with Gasteiger partial charge in [0.15, 0.2) is 4.34 Å². The number of aryl methyl sites for hydroxylation is 1. The molecule has 1 heterocycles. The number of hydrogen-bond donors (Lipinski definition) is 3. The molecule has 2 aromatic carbocycles. The second kappa shape index (κ2) is 10.2. The van der Waals surface area contributed by atoms with Crippen molar-refractivity contribution in [3.8, 4) is 0 Å². The van der Waals surface area contributed by atoms with E-state index >= 15 is 0 Å². The highest BCUT2D eigenvalue weighted by atomic mass is 32.2.